The number of hydrogen-bond acceptors (Lipinski definition) is 6. The van der Waals surface area contributed by atoms with Crippen molar-refractivity contribution in [1.82, 2.24) is 4.90 Å². The van der Waals surface area contributed by atoms with Crippen LogP contribution in [0.1, 0.15) is 23.7 Å². The third-order valence-corrected chi connectivity index (χ3v) is 4.24. The van der Waals surface area contributed by atoms with Gasteiger partial charge in [-0.1, -0.05) is 6.92 Å². The zero-order valence-electron chi connectivity index (χ0n) is 13.5. The van der Waals surface area contributed by atoms with Crippen LogP contribution in [0.15, 0.2) is 12.1 Å². The molecule has 1 unspecified atom stereocenters. The van der Waals surface area contributed by atoms with E-state index in [0.29, 0.717) is 19.6 Å². The van der Waals surface area contributed by atoms with Crippen molar-refractivity contribution in [1.29, 1.82) is 0 Å². The van der Waals surface area contributed by atoms with Crippen LogP contribution >= 0.6 is 0 Å². The molecular formula is C15H21N3O5. The molecule has 1 aromatic rings. The van der Waals surface area contributed by atoms with Gasteiger partial charge in [0.15, 0.2) is 5.75 Å². The number of nitrogens with zero attached hydrogens (tertiary/aromatic N) is 2. The van der Waals surface area contributed by atoms with Crippen LogP contribution < -0.4 is 15.2 Å². The Morgan fingerprint density at radius 1 is 1.43 bits per heavy atom. The number of methoxy groups -OCH3 is 2. The number of amides is 1. The molecule has 1 aromatic carbocycles. The van der Waals surface area contributed by atoms with Crippen LogP contribution in [-0.4, -0.2) is 49.6 Å². The molecule has 0 aromatic heterocycles. The van der Waals surface area contributed by atoms with Gasteiger partial charge >= 0.3 is 5.69 Å². The monoisotopic (exact) mass is 323 g/mol. The summed E-state index contributed by atoms with van der Waals surface area (Å²) in [6.45, 7) is 3.62. The molecule has 1 atom stereocenters. The van der Waals surface area contributed by atoms with Gasteiger partial charge in [-0.25, -0.2) is 0 Å². The van der Waals surface area contributed by atoms with Crippen LogP contribution in [0.5, 0.6) is 11.5 Å². The van der Waals surface area contributed by atoms with Crippen LogP contribution in [0.3, 0.4) is 0 Å². The third-order valence-electron chi connectivity index (χ3n) is 4.24. The Morgan fingerprint density at radius 2 is 2.13 bits per heavy atom. The summed E-state index contributed by atoms with van der Waals surface area (Å²) in [6, 6.07) is 2.69. The van der Waals surface area contributed by atoms with Gasteiger partial charge in [0.2, 0.25) is 5.75 Å². The van der Waals surface area contributed by atoms with E-state index in [1.165, 1.54) is 26.4 Å². The van der Waals surface area contributed by atoms with Gasteiger partial charge in [-0.15, -0.1) is 0 Å². The Morgan fingerprint density at radius 3 is 2.61 bits per heavy atom. The summed E-state index contributed by atoms with van der Waals surface area (Å²) >= 11 is 0. The van der Waals surface area contributed by atoms with E-state index in [1.807, 2.05) is 6.92 Å². The summed E-state index contributed by atoms with van der Waals surface area (Å²) in [4.78, 5) is 25.0. The number of carbonyl (C=O) groups is 1. The van der Waals surface area contributed by atoms with Gasteiger partial charge in [0, 0.05) is 19.2 Å². The molecule has 2 N–H and O–H groups in total. The number of nitro groups is 1. The SMILES string of the molecule is COc1cc(C(=O)N2CCC(C)(CN)C2)cc([N+](=O)[O-])c1OC. The number of ether oxygens (including phenoxy) is 2. The van der Waals surface area contributed by atoms with E-state index in [4.69, 9.17) is 15.2 Å². The maximum atomic E-state index is 12.7. The molecule has 126 valence electrons. The lowest BCUT2D eigenvalue weighted by atomic mass is 9.90. The van der Waals surface area contributed by atoms with Crippen molar-refractivity contribution in [2.75, 3.05) is 33.9 Å². The molecule has 8 heteroatoms. The first-order valence-corrected chi connectivity index (χ1v) is 7.25. The Hall–Kier alpha value is -2.35. The molecule has 1 heterocycles. The molecule has 0 saturated carbocycles. The average Bonchev–Trinajstić information content (AvgIpc) is 2.95. The summed E-state index contributed by atoms with van der Waals surface area (Å²) in [6.07, 6.45) is 0.810. The highest BCUT2D eigenvalue weighted by Crippen LogP contribution is 2.39. The minimum absolute atomic E-state index is 0.00210. The van der Waals surface area contributed by atoms with Crippen LogP contribution in [-0.2, 0) is 0 Å². The quantitative estimate of drug-likeness (QED) is 0.648. The molecule has 1 aliphatic heterocycles. The fourth-order valence-electron chi connectivity index (χ4n) is 2.75. The van der Waals surface area contributed by atoms with E-state index in [0.717, 1.165) is 6.42 Å². The summed E-state index contributed by atoms with van der Waals surface area (Å²) in [7, 11) is 2.69. The summed E-state index contributed by atoms with van der Waals surface area (Å²) < 4.78 is 10.2. The van der Waals surface area contributed by atoms with E-state index in [-0.39, 0.29) is 34.1 Å². The van der Waals surface area contributed by atoms with Gasteiger partial charge in [-0.05, 0) is 24.4 Å². The zero-order chi connectivity index (χ0) is 17.2. The van der Waals surface area contributed by atoms with Crippen molar-refractivity contribution >= 4 is 11.6 Å². The largest absolute Gasteiger partial charge is 0.493 e. The van der Waals surface area contributed by atoms with E-state index in [1.54, 1.807) is 4.90 Å². The number of carbonyl (C=O) groups excluding carboxylic acids is 1. The summed E-state index contributed by atoms with van der Waals surface area (Å²) in [5.74, 6) is -0.112. The van der Waals surface area contributed by atoms with Crippen molar-refractivity contribution in [3.63, 3.8) is 0 Å². The third kappa shape index (κ3) is 3.21. The van der Waals surface area contributed by atoms with Crippen LogP contribution in [0, 0.1) is 15.5 Å². The second-order valence-electron chi connectivity index (χ2n) is 5.98. The molecule has 0 spiro atoms. The van der Waals surface area contributed by atoms with Crippen molar-refractivity contribution in [2.24, 2.45) is 11.1 Å². The van der Waals surface area contributed by atoms with Gasteiger partial charge in [0.25, 0.3) is 5.91 Å². The standard InChI is InChI=1S/C15H21N3O5/c1-15(8-16)4-5-17(9-15)14(19)10-6-11(18(20)21)13(23-3)12(7-10)22-2/h6-7H,4-5,8-9,16H2,1-3H3. The average molecular weight is 323 g/mol. The molecule has 23 heavy (non-hydrogen) atoms. The van der Waals surface area contributed by atoms with Gasteiger partial charge < -0.3 is 20.1 Å². The maximum Gasteiger partial charge on any atom is 0.315 e. The van der Waals surface area contributed by atoms with Crippen molar-refractivity contribution < 1.29 is 19.2 Å². The summed E-state index contributed by atoms with van der Waals surface area (Å²) in [5.41, 5.74) is 5.55. The predicted octanol–water partition coefficient (Wildman–Crippen LogP) is 1.42. The fraction of sp³-hybridized carbons (Fsp3) is 0.533. The van der Waals surface area contributed by atoms with E-state index < -0.39 is 4.92 Å². The molecular weight excluding hydrogens is 302 g/mol. The Balaban J connectivity index is 2.38. The minimum Gasteiger partial charge on any atom is -0.493 e. The first-order chi connectivity index (χ1) is 10.8. The number of benzene rings is 1. The molecule has 1 saturated heterocycles. The number of nitrogens with two attached hydrogens (primary N) is 1. The number of nitro benzene ring substituents is 1. The Kier molecular flexibility index (Phi) is 4.74. The lowest BCUT2D eigenvalue weighted by molar-refractivity contribution is -0.385. The second kappa shape index (κ2) is 6.41. The molecule has 8 nitrogen and oxygen atoms in total. The fourth-order valence-corrected chi connectivity index (χ4v) is 2.75. The maximum absolute atomic E-state index is 12.7. The molecule has 1 amide bonds. The highest BCUT2D eigenvalue weighted by atomic mass is 16.6. The first kappa shape index (κ1) is 17.0. The van der Waals surface area contributed by atoms with Crippen molar-refractivity contribution in [3.8, 4) is 11.5 Å². The van der Waals surface area contributed by atoms with Crippen molar-refractivity contribution in [3.05, 3.63) is 27.8 Å². The van der Waals surface area contributed by atoms with E-state index >= 15 is 0 Å². The Labute approximate surface area is 134 Å². The van der Waals surface area contributed by atoms with Crippen LogP contribution in [0.4, 0.5) is 5.69 Å². The number of rotatable bonds is 5. The van der Waals surface area contributed by atoms with Crippen LogP contribution in [0.2, 0.25) is 0 Å². The summed E-state index contributed by atoms with van der Waals surface area (Å²) in [5, 5.41) is 11.2. The highest BCUT2D eigenvalue weighted by molar-refractivity contribution is 5.96. The molecule has 0 bridgehead atoms. The predicted molar refractivity (Wildman–Crippen MR) is 83.9 cm³/mol. The van der Waals surface area contributed by atoms with Gasteiger partial charge in [0.05, 0.1) is 24.7 Å². The first-order valence-electron chi connectivity index (χ1n) is 7.25. The second-order valence-corrected chi connectivity index (χ2v) is 5.98. The van der Waals surface area contributed by atoms with Crippen molar-refractivity contribution in [2.45, 2.75) is 13.3 Å². The molecule has 2 rings (SSSR count). The van der Waals surface area contributed by atoms with Gasteiger partial charge in [-0.3, -0.25) is 14.9 Å². The smallest absolute Gasteiger partial charge is 0.315 e. The normalized spacial score (nSPS) is 20.4. The molecule has 0 radical (unpaired) electrons. The zero-order valence-corrected chi connectivity index (χ0v) is 13.5. The Bertz CT molecular complexity index is 634. The molecule has 0 aliphatic carbocycles. The number of likely N-dealkylation sites (tertiary alicyclic amines) is 1. The van der Waals surface area contributed by atoms with E-state index in [2.05, 4.69) is 0 Å². The lowest BCUT2D eigenvalue weighted by Crippen LogP contribution is -2.34. The van der Waals surface area contributed by atoms with Gasteiger partial charge in [-0.2, -0.15) is 0 Å². The van der Waals surface area contributed by atoms with E-state index in [9.17, 15) is 14.9 Å². The number of hydrogen-bond donors (Lipinski definition) is 1. The highest BCUT2D eigenvalue weighted by Gasteiger charge is 2.36. The molecule has 1 aliphatic rings. The van der Waals surface area contributed by atoms with Crippen LogP contribution in [0.25, 0.3) is 0 Å². The molecule has 1 fully saturated rings. The lowest BCUT2D eigenvalue weighted by Gasteiger charge is -2.22. The van der Waals surface area contributed by atoms with Gasteiger partial charge in [0.1, 0.15) is 0 Å². The minimum atomic E-state index is -0.591. The topological polar surface area (TPSA) is 108 Å².